The zero-order valence-corrected chi connectivity index (χ0v) is 19.8. The van der Waals surface area contributed by atoms with Gasteiger partial charge in [-0.05, 0) is 86.9 Å². The van der Waals surface area contributed by atoms with Crippen molar-refractivity contribution in [2.24, 2.45) is 46.3 Å². The minimum atomic E-state index is 0.109. The third kappa shape index (κ3) is 2.71. The first kappa shape index (κ1) is 20.9. The Balaban J connectivity index is 1.25. The van der Waals surface area contributed by atoms with E-state index in [1.165, 1.54) is 44.9 Å². The van der Waals surface area contributed by atoms with Gasteiger partial charge in [-0.1, -0.05) is 20.3 Å². The highest BCUT2D eigenvalue weighted by Gasteiger charge is 2.68. The molecule has 10 atom stereocenters. The molecule has 5 fully saturated rings. The highest BCUT2D eigenvalue weighted by atomic mass is 16.5. The maximum atomic E-state index is 13.4. The number of nitriles is 1. The van der Waals surface area contributed by atoms with Gasteiger partial charge < -0.3 is 4.74 Å². The fourth-order valence-corrected chi connectivity index (χ4v) is 9.78. The lowest BCUT2D eigenvalue weighted by molar-refractivity contribution is -0.136. The van der Waals surface area contributed by atoms with Gasteiger partial charge in [0.05, 0.1) is 30.5 Å². The van der Waals surface area contributed by atoms with Crippen LogP contribution in [0, 0.1) is 57.7 Å². The number of carbonyl (C=O) groups excluding carboxylic acids is 1. The van der Waals surface area contributed by atoms with Gasteiger partial charge >= 0.3 is 0 Å². The number of ketones is 1. The molecule has 0 amide bonds. The van der Waals surface area contributed by atoms with Crippen LogP contribution in [-0.4, -0.2) is 27.8 Å². The summed E-state index contributed by atoms with van der Waals surface area (Å²) in [6.45, 7) is 7.54. The van der Waals surface area contributed by atoms with Crippen molar-refractivity contribution in [2.45, 2.75) is 90.9 Å². The second-order valence-corrected chi connectivity index (χ2v) is 12.2. The van der Waals surface area contributed by atoms with Crippen LogP contribution < -0.4 is 0 Å². The van der Waals surface area contributed by atoms with Crippen molar-refractivity contribution in [1.82, 2.24) is 9.78 Å². The molecule has 0 N–H and O–H groups in total. The number of Topliss-reactive ketones (excluding diaryl/α,β-unsaturated/α-hetero) is 1. The lowest BCUT2D eigenvalue weighted by Crippen LogP contribution is -2.57. The van der Waals surface area contributed by atoms with Crippen LogP contribution in [0.2, 0.25) is 0 Å². The number of nitrogens with zero attached hydrogens (tertiary/aromatic N) is 3. The topological polar surface area (TPSA) is 67.9 Å². The monoisotopic (exact) mass is 435 g/mol. The molecule has 1 aromatic heterocycles. The molecule has 32 heavy (non-hydrogen) atoms. The van der Waals surface area contributed by atoms with E-state index < -0.39 is 0 Å². The van der Waals surface area contributed by atoms with E-state index in [4.69, 9.17) is 10.00 Å². The summed E-state index contributed by atoms with van der Waals surface area (Å²) in [5.74, 6) is 4.20. The summed E-state index contributed by atoms with van der Waals surface area (Å²) in [6, 6.07) is 2.11. The molecular weight excluding hydrogens is 398 g/mol. The maximum absolute atomic E-state index is 13.4. The predicted octanol–water partition coefficient (Wildman–Crippen LogP) is 5.00. The molecule has 6 rings (SSSR count). The molecule has 5 nitrogen and oxygen atoms in total. The highest BCUT2D eigenvalue weighted by molar-refractivity contribution is 5.82. The normalized spacial score (nSPS) is 49.1. The fraction of sp³-hybridized carbons (Fsp3) is 0.815. The van der Waals surface area contributed by atoms with Crippen LogP contribution in [0.25, 0.3) is 0 Å². The summed E-state index contributed by atoms with van der Waals surface area (Å²) < 4.78 is 8.37. The van der Waals surface area contributed by atoms with Crippen molar-refractivity contribution in [2.75, 3.05) is 0 Å². The van der Waals surface area contributed by atoms with Crippen molar-refractivity contribution in [3.8, 4) is 6.07 Å². The van der Waals surface area contributed by atoms with Gasteiger partial charge in [0.2, 0.25) is 0 Å². The van der Waals surface area contributed by atoms with Crippen molar-refractivity contribution >= 4 is 5.78 Å². The van der Waals surface area contributed by atoms with Crippen LogP contribution in [0.5, 0.6) is 0 Å². The molecule has 1 aromatic rings. The summed E-state index contributed by atoms with van der Waals surface area (Å²) in [5, 5.41) is 13.3. The van der Waals surface area contributed by atoms with E-state index in [1.807, 2.05) is 0 Å². The number of hydrogen-bond acceptors (Lipinski definition) is 4. The average Bonchev–Trinajstić information content (AvgIpc) is 3.41. The van der Waals surface area contributed by atoms with E-state index in [2.05, 4.69) is 31.9 Å². The molecule has 0 aromatic carbocycles. The molecule has 1 saturated heterocycles. The SMILES string of the molecule is CC1CCC23C(C)OC(CC4C5CCC(C(=O)Cn6cc(C#N)cn6)C5(C)CCC42)C3C1. The van der Waals surface area contributed by atoms with Crippen LogP contribution in [0.3, 0.4) is 0 Å². The molecule has 5 aliphatic rings. The van der Waals surface area contributed by atoms with E-state index >= 15 is 0 Å². The zero-order chi connectivity index (χ0) is 22.3. The molecule has 4 aliphatic carbocycles. The van der Waals surface area contributed by atoms with Gasteiger partial charge in [0.25, 0.3) is 0 Å². The predicted molar refractivity (Wildman–Crippen MR) is 120 cm³/mol. The first-order valence-electron chi connectivity index (χ1n) is 13.0. The zero-order valence-electron chi connectivity index (χ0n) is 19.8. The molecule has 10 unspecified atom stereocenters. The Hall–Kier alpha value is -1.67. The second-order valence-electron chi connectivity index (χ2n) is 12.2. The summed E-state index contributed by atoms with van der Waals surface area (Å²) in [4.78, 5) is 13.4. The second kappa shape index (κ2) is 7.16. The number of hydrogen-bond donors (Lipinski definition) is 0. The van der Waals surface area contributed by atoms with Crippen LogP contribution in [0.1, 0.15) is 77.7 Å². The summed E-state index contributed by atoms with van der Waals surface area (Å²) in [6.07, 6.45) is 14.0. The molecular formula is C27H37N3O2. The molecule has 172 valence electrons. The Morgan fingerprint density at radius 1 is 1.19 bits per heavy atom. The molecule has 0 radical (unpaired) electrons. The van der Waals surface area contributed by atoms with Crippen molar-refractivity contribution in [1.29, 1.82) is 5.26 Å². The number of carbonyl (C=O) groups is 1. The van der Waals surface area contributed by atoms with Crippen molar-refractivity contribution in [3.63, 3.8) is 0 Å². The van der Waals surface area contributed by atoms with Crippen LogP contribution in [0.15, 0.2) is 12.4 Å². The molecule has 2 heterocycles. The smallest absolute Gasteiger partial charge is 0.157 e. The molecule has 1 aliphatic heterocycles. The number of rotatable bonds is 3. The van der Waals surface area contributed by atoms with Gasteiger partial charge in [-0.25, -0.2) is 0 Å². The lowest BCUT2D eigenvalue weighted by atomic mass is 9.43. The first-order chi connectivity index (χ1) is 15.4. The molecule has 2 bridgehead atoms. The average molecular weight is 436 g/mol. The summed E-state index contributed by atoms with van der Waals surface area (Å²) >= 11 is 0. The van der Waals surface area contributed by atoms with Crippen LogP contribution in [-0.2, 0) is 16.1 Å². The standard InChI is InChI=1S/C27H37N3O2/c1-16-6-9-27-17(2)32-25(23(27)10-16)11-19-20-4-5-22(26(20,3)8-7-21(19)27)24(31)15-30-14-18(12-28)13-29-30/h13-14,16-17,19-23,25H,4-11,15H2,1-3H3. The fourth-order valence-electron chi connectivity index (χ4n) is 9.78. The molecule has 5 heteroatoms. The summed E-state index contributed by atoms with van der Waals surface area (Å²) in [7, 11) is 0. The number of aromatic nitrogens is 2. The Bertz CT molecular complexity index is 964. The summed E-state index contributed by atoms with van der Waals surface area (Å²) in [5.41, 5.74) is 1.03. The minimum absolute atomic E-state index is 0.109. The van der Waals surface area contributed by atoms with E-state index in [9.17, 15) is 4.79 Å². The Kier molecular flexibility index (Phi) is 4.68. The Morgan fingerprint density at radius 2 is 2.03 bits per heavy atom. The van der Waals surface area contributed by atoms with E-state index in [0.717, 1.165) is 30.1 Å². The Labute approximate surface area is 191 Å². The van der Waals surface area contributed by atoms with E-state index in [1.54, 1.807) is 17.1 Å². The lowest BCUT2D eigenvalue weighted by Gasteiger charge is -2.60. The van der Waals surface area contributed by atoms with Gasteiger partial charge in [0, 0.05) is 17.5 Å². The number of ether oxygens (including phenoxy) is 1. The minimum Gasteiger partial charge on any atom is -0.374 e. The van der Waals surface area contributed by atoms with Gasteiger partial charge in [-0.3, -0.25) is 9.48 Å². The van der Waals surface area contributed by atoms with Gasteiger partial charge in [0.15, 0.2) is 5.78 Å². The van der Waals surface area contributed by atoms with Crippen molar-refractivity contribution < 1.29 is 9.53 Å². The van der Waals surface area contributed by atoms with Crippen molar-refractivity contribution in [3.05, 3.63) is 18.0 Å². The van der Waals surface area contributed by atoms with E-state index in [0.29, 0.717) is 41.4 Å². The van der Waals surface area contributed by atoms with Gasteiger partial charge in [-0.2, -0.15) is 10.4 Å². The molecule has 4 saturated carbocycles. The quantitative estimate of drug-likeness (QED) is 0.670. The maximum Gasteiger partial charge on any atom is 0.157 e. The molecule has 0 spiro atoms. The van der Waals surface area contributed by atoms with Gasteiger partial charge in [-0.15, -0.1) is 0 Å². The number of fused-ring (bicyclic) bond motifs is 3. The Morgan fingerprint density at radius 3 is 2.81 bits per heavy atom. The first-order valence-corrected chi connectivity index (χ1v) is 13.0. The largest absolute Gasteiger partial charge is 0.374 e. The van der Waals surface area contributed by atoms with E-state index in [-0.39, 0.29) is 11.3 Å². The van der Waals surface area contributed by atoms with Crippen LogP contribution in [0.4, 0.5) is 0 Å². The third-order valence-electron chi connectivity index (χ3n) is 11.1. The van der Waals surface area contributed by atoms with Gasteiger partial charge in [0.1, 0.15) is 6.07 Å². The third-order valence-corrected chi connectivity index (χ3v) is 11.1. The highest BCUT2D eigenvalue weighted by Crippen LogP contribution is 2.71. The van der Waals surface area contributed by atoms with Crippen LogP contribution >= 0.6 is 0 Å².